The highest BCUT2D eigenvalue weighted by atomic mass is 32.2. The summed E-state index contributed by atoms with van der Waals surface area (Å²) in [7, 11) is -3.50. The van der Waals surface area contributed by atoms with Crippen LogP contribution < -0.4 is 15.2 Å². The van der Waals surface area contributed by atoms with Crippen LogP contribution in [0.4, 0.5) is 0 Å². The Balaban J connectivity index is 4.25. The zero-order valence-corrected chi connectivity index (χ0v) is 11.1. The molecule has 0 amide bonds. The fourth-order valence-electron chi connectivity index (χ4n) is 0.698. The molecule has 0 heterocycles. The van der Waals surface area contributed by atoms with E-state index in [0.717, 1.165) is 0 Å². The Kier molecular flexibility index (Phi) is 5.37. The van der Waals surface area contributed by atoms with Crippen LogP contribution in [-0.2, 0) is 10.2 Å². The Hall–Kier alpha value is -0.660. The first-order valence-electron chi connectivity index (χ1n) is 5.15. The van der Waals surface area contributed by atoms with Crippen LogP contribution in [0.2, 0.25) is 0 Å². The maximum atomic E-state index is 11.5. The first-order valence-corrected chi connectivity index (χ1v) is 6.64. The quantitative estimate of drug-likeness (QED) is 0.378. The molecule has 0 saturated heterocycles. The zero-order valence-electron chi connectivity index (χ0n) is 10.3. The Labute approximate surface area is 97.7 Å². The Morgan fingerprint density at radius 2 is 1.88 bits per heavy atom. The van der Waals surface area contributed by atoms with Crippen LogP contribution in [0.15, 0.2) is 0 Å². The minimum absolute atomic E-state index is 0.0425. The van der Waals surface area contributed by atoms with Crippen molar-refractivity contribution in [1.29, 1.82) is 5.41 Å². The Morgan fingerprint density at radius 1 is 1.38 bits per heavy atom. The molecule has 0 spiro atoms. The molecule has 7 heteroatoms. The van der Waals surface area contributed by atoms with Gasteiger partial charge >= 0.3 is 0 Å². The van der Waals surface area contributed by atoms with Gasteiger partial charge < -0.3 is 5.73 Å². The largest absolute Gasteiger partial charge is 0.387 e. The molecule has 0 aliphatic rings. The summed E-state index contributed by atoms with van der Waals surface area (Å²) in [5.74, 6) is 0.205. The second kappa shape index (κ2) is 5.60. The molecule has 0 aromatic carbocycles. The third-order valence-electron chi connectivity index (χ3n) is 2.11. The van der Waals surface area contributed by atoms with Crippen LogP contribution in [-0.4, -0.2) is 27.3 Å². The van der Waals surface area contributed by atoms with Gasteiger partial charge in [0.25, 0.3) is 10.2 Å². The first-order chi connectivity index (χ1) is 7.07. The second-order valence-corrected chi connectivity index (χ2v) is 6.45. The molecule has 0 radical (unpaired) electrons. The van der Waals surface area contributed by atoms with Gasteiger partial charge in [-0.25, -0.2) is 9.44 Å². The molecule has 0 bridgehead atoms. The highest BCUT2D eigenvalue weighted by Crippen LogP contribution is 2.12. The molecule has 16 heavy (non-hydrogen) atoms. The van der Waals surface area contributed by atoms with Gasteiger partial charge in [0.15, 0.2) is 0 Å². The van der Waals surface area contributed by atoms with Crippen molar-refractivity contribution in [2.45, 2.75) is 27.7 Å². The maximum Gasteiger partial charge on any atom is 0.276 e. The number of nitrogens with two attached hydrogens (primary N) is 1. The lowest BCUT2D eigenvalue weighted by molar-refractivity contribution is 0.485. The lowest BCUT2D eigenvalue weighted by Crippen LogP contribution is -2.46. The van der Waals surface area contributed by atoms with Crippen LogP contribution in [0, 0.1) is 16.7 Å². The Morgan fingerprint density at radius 3 is 2.25 bits per heavy atom. The summed E-state index contributed by atoms with van der Waals surface area (Å²) in [6, 6.07) is 0. The summed E-state index contributed by atoms with van der Waals surface area (Å²) in [6.45, 7) is 7.75. The van der Waals surface area contributed by atoms with E-state index in [0.29, 0.717) is 6.54 Å². The van der Waals surface area contributed by atoms with E-state index in [1.165, 1.54) is 0 Å². The number of hydrogen-bond acceptors (Lipinski definition) is 3. The van der Waals surface area contributed by atoms with Gasteiger partial charge in [-0.15, -0.1) is 0 Å². The molecule has 0 fully saturated rings. The molecule has 0 unspecified atom stereocenters. The van der Waals surface area contributed by atoms with Crippen LogP contribution in [0.3, 0.4) is 0 Å². The summed E-state index contributed by atoms with van der Waals surface area (Å²) < 4.78 is 27.7. The predicted octanol–water partition coefficient (Wildman–Crippen LogP) is 0.0286. The summed E-state index contributed by atoms with van der Waals surface area (Å²) in [6.07, 6.45) is 0. The molecule has 0 aliphatic carbocycles. The van der Waals surface area contributed by atoms with Gasteiger partial charge in [-0.05, 0) is 5.92 Å². The van der Waals surface area contributed by atoms with Gasteiger partial charge in [-0.1, -0.05) is 27.7 Å². The van der Waals surface area contributed by atoms with E-state index >= 15 is 0 Å². The monoisotopic (exact) mass is 250 g/mol. The zero-order chi connectivity index (χ0) is 13.0. The summed E-state index contributed by atoms with van der Waals surface area (Å²) in [4.78, 5) is 0. The van der Waals surface area contributed by atoms with Gasteiger partial charge in [0.2, 0.25) is 0 Å². The van der Waals surface area contributed by atoms with E-state index in [2.05, 4.69) is 9.44 Å². The second-order valence-electron chi connectivity index (χ2n) is 4.86. The van der Waals surface area contributed by atoms with Gasteiger partial charge in [0.05, 0.1) is 5.84 Å². The van der Waals surface area contributed by atoms with Crippen molar-refractivity contribution in [3.05, 3.63) is 0 Å². The standard InChI is InChI=1S/C9H22N4O2S/c1-7(2)5-12-16(14,15)13-6-9(3,4)8(10)11/h7,12-13H,5-6H2,1-4H3,(H3,10,11). The molecule has 0 atom stereocenters. The summed E-state index contributed by atoms with van der Waals surface area (Å²) >= 11 is 0. The highest BCUT2D eigenvalue weighted by molar-refractivity contribution is 7.87. The minimum Gasteiger partial charge on any atom is -0.387 e. The van der Waals surface area contributed by atoms with Crippen molar-refractivity contribution < 1.29 is 8.42 Å². The molecular weight excluding hydrogens is 228 g/mol. The first kappa shape index (κ1) is 15.3. The van der Waals surface area contributed by atoms with E-state index < -0.39 is 15.6 Å². The van der Waals surface area contributed by atoms with E-state index in [9.17, 15) is 8.42 Å². The molecule has 0 rings (SSSR count). The molecule has 0 saturated carbocycles. The predicted molar refractivity (Wildman–Crippen MR) is 65.5 cm³/mol. The molecule has 0 aromatic heterocycles. The van der Waals surface area contributed by atoms with Crippen LogP contribution in [0.1, 0.15) is 27.7 Å². The highest BCUT2D eigenvalue weighted by Gasteiger charge is 2.24. The number of nitrogens with one attached hydrogen (secondary N) is 3. The van der Waals surface area contributed by atoms with E-state index in [1.807, 2.05) is 13.8 Å². The average molecular weight is 250 g/mol. The van der Waals surface area contributed by atoms with Crippen molar-refractivity contribution in [3.63, 3.8) is 0 Å². The van der Waals surface area contributed by atoms with Gasteiger partial charge in [-0.2, -0.15) is 8.42 Å². The van der Waals surface area contributed by atoms with E-state index in [1.54, 1.807) is 13.8 Å². The maximum absolute atomic E-state index is 11.5. The number of rotatable bonds is 7. The summed E-state index contributed by atoms with van der Waals surface area (Å²) in [5, 5.41) is 7.30. The molecule has 0 aromatic rings. The van der Waals surface area contributed by atoms with Crippen LogP contribution >= 0.6 is 0 Å². The fraction of sp³-hybridized carbons (Fsp3) is 0.889. The van der Waals surface area contributed by atoms with E-state index in [4.69, 9.17) is 11.1 Å². The van der Waals surface area contributed by atoms with Gasteiger partial charge in [0.1, 0.15) is 0 Å². The average Bonchev–Trinajstić information content (AvgIpc) is 2.12. The smallest absolute Gasteiger partial charge is 0.276 e. The normalized spacial score (nSPS) is 13.1. The van der Waals surface area contributed by atoms with Crippen molar-refractivity contribution in [2.75, 3.05) is 13.1 Å². The molecular formula is C9H22N4O2S. The van der Waals surface area contributed by atoms with Crippen molar-refractivity contribution in [2.24, 2.45) is 17.1 Å². The molecule has 0 aliphatic heterocycles. The minimum atomic E-state index is -3.50. The summed E-state index contributed by atoms with van der Waals surface area (Å²) in [5.41, 5.74) is 4.68. The lowest BCUT2D eigenvalue weighted by Gasteiger charge is -2.23. The lowest BCUT2D eigenvalue weighted by atomic mass is 9.93. The van der Waals surface area contributed by atoms with Crippen molar-refractivity contribution >= 4 is 16.0 Å². The fourth-order valence-corrected chi connectivity index (χ4v) is 1.90. The SMILES string of the molecule is CC(C)CNS(=O)(=O)NCC(C)(C)C(=N)N. The number of hydrogen-bond donors (Lipinski definition) is 4. The third kappa shape index (κ3) is 6.04. The number of amidine groups is 1. The van der Waals surface area contributed by atoms with Crippen LogP contribution in [0.5, 0.6) is 0 Å². The van der Waals surface area contributed by atoms with E-state index in [-0.39, 0.29) is 18.3 Å². The Bertz CT molecular complexity index is 335. The molecule has 96 valence electrons. The van der Waals surface area contributed by atoms with Gasteiger partial charge in [-0.3, -0.25) is 5.41 Å². The van der Waals surface area contributed by atoms with Gasteiger partial charge in [0, 0.05) is 18.5 Å². The topological polar surface area (TPSA) is 108 Å². The third-order valence-corrected chi connectivity index (χ3v) is 3.19. The van der Waals surface area contributed by atoms with Crippen molar-refractivity contribution in [1.82, 2.24) is 9.44 Å². The van der Waals surface area contributed by atoms with Crippen molar-refractivity contribution in [3.8, 4) is 0 Å². The molecule has 6 nitrogen and oxygen atoms in total. The molecule has 5 N–H and O–H groups in total. The van der Waals surface area contributed by atoms with Crippen LogP contribution in [0.25, 0.3) is 0 Å².